The molecule has 1 amide bonds. The maximum absolute atomic E-state index is 11.9. The van der Waals surface area contributed by atoms with Crippen molar-refractivity contribution < 1.29 is 14.7 Å². The second-order valence-electron chi connectivity index (χ2n) is 5.83. The fraction of sp³-hybridized carbons (Fsp3) is 0.857. The van der Waals surface area contributed by atoms with E-state index in [2.05, 4.69) is 6.92 Å². The van der Waals surface area contributed by atoms with Gasteiger partial charge >= 0.3 is 5.97 Å². The van der Waals surface area contributed by atoms with Crippen molar-refractivity contribution in [3.8, 4) is 0 Å². The van der Waals surface area contributed by atoms with Crippen molar-refractivity contribution >= 4 is 11.9 Å². The first-order valence-electron chi connectivity index (χ1n) is 7.04. The second-order valence-corrected chi connectivity index (χ2v) is 5.83. The van der Waals surface area contributed by atoms with E-state index in [0.717, 1.165) is 32.1 Å². The van der Waals surface area contributed by atoms with Crippen LogP contribution in [0.3, 0.4) is 0 Å². The van der Waals surface area contributed by atoms with Gasteiger partial charge in [-0.25, -0.2) is 4.79 Å². The molecule has 0 aromatic heterocycles. The van der Waals surface area contributed by atoms with Crippen LogP contribution in [0.25, 0.3) is 0 Å². The minimum atomic E-state index is -0.925. The Bertz CT molecular complexity index is 351. The highest BCUT2D eigenvalue weighted by atomic mass is 16.4. The molecule has 0 saturated heterocycles. The third-order valence-electron chi connectivity index (χ3n) is 4.52. The lowest BCUT2D eigenvalue weighted by Gasteiger charge is -2.45. The molecule has 2 aliphatic rings. The predicted octanol–water partition coefficient (Wildman–Crippen LogP) is 2.42. The first kappa shape index (κ1) is 13.4. The molecule has 2 saturated carbocycles. The van der Waals surface area contributed by atoms with Crippen molar-refractivity contribution in [3.63, 3.8) is 0 Å². The molecule has 0 bridgehead atoms. The van der Waals surface area contributed by atoms with E-state index in [0.29, 0.717) is 18.8 Å². The van der Waals surface area contributed by atoms with Crippen molar-refractivity contribution in [1.82, 2.24) is 4.90 Å². The molecule has 4 nitrogen and oxygen atoms in total. The Hall–Kier alpha value is -1.06. The molecule has 2 atom stereocenters. The van der Waals surface area contributed by atoms with Gasteiger partial charge in [0.1, 0.15) is 5.54 Å². The van der Waals surface area contributed by atoms with Crippen molar-refractivity contribution in [1.29, 1.82) is 0 Å². The Balaban J connectivity index is 2.29. The molecule has 0 aliphatic heterocycles. The molecule has 2 fully saturated rings. The standard InChI is InChI=1S/C14H23NO3/c1-3-11-5-4-8-14(9-11,13(17)18)15(10(2)16)12-6-7-12/h11-12H,3-9H2,1-2H3,(H,17,18). The topological polar surface area (TPSA) is 57.6 Å². The average molecular weight is 253 g/mol. The van der Waals surface area contributed by atoms with Gasteiger partial charge in [0, 0.05) is 13.0 Å². The fourth-order valence-electron chi connectivity index (χ4n) is 3.47. The van der Waals surface area contributed by atoms with E-state index in [1.165, 1.54) is 6.92 Å². The molecule has 0 aromatic carbocycles. The minimum absolute atomic E-state index is 0.0725. The number of carboxylic acids is 1. The number of carboxylic acid groups (broad SMARTS) is 1. The van der Waals surface area contributed by atoms with Crippen LogP contribution in [0, 0.1) is 5.92 Å². The van der Waals surface area contributed by atoms with Crippen molar-refractivity contribution in [3.05, 3.63) is 0 Å². The van der Waals surface area contributed by atoms with Crippen molar-refractivity contribution in [2.75, 3.05) is 0 Å². The number of hydrogen-bond donors (Lipinski definition) is 1. The summed E-state index contributed by atoms with van der Waals surface area (Å²) >= 11 is 0. The molecule has 0 radical (unpaired) electrons. The Morgan fingerprint density at radius 2 is 2.00 bits per heavy atom. The summed E-state index contributed by atoms with van der Waals surface area (Å²) in [6.45, 7) is 3.62. The zero-order valence-electron chi connectivity index (χ0n) is 11.3. The average Bonchev–Trinajstić information content (AvgIpc) is 3.13. The highest BCUT2D eigenvalue weighted by Crippen LogP contribution is 2.43. The normalized spacial score (nSPS) is 32.0. The number of aliphatic carboxylic acids is 1. The van der Waals surface area contributed by atoms with Gasteiger partial charge in [-0.1, -0.05) is 26.2 Å². The Morgan fingerprint density at radius 3 is 2.44 bits per heavy atom. The molecule has 0 heterocycles. The predicted molar refractivity (Wildman–Crippen MR) is 68.2 cm³/mol. The smallest absolute Gasteiger partial charge is 0.329 e. The number of nitrogens with zero attached hydrogens (tertiary/aromatic N) is 1. The third-order valence-corrected chi connectivity index (χ3v) is 4.52. The molecule has 2 rings (SSSR count). The number of hydrogen-bond acceptors (Lipinski definition) is 2. The van der Waals surface area contributed by atoms with E-state index in [-0.39, 0.29) is 11.9 Å². The lowest BCUT2D eigenvalue weighted by atomic mass is 9.73. The molecular formula is C14H23NO3. The van der Waals surface area contributed by atoms with E-state index in [1.54, 1.807) is 4.90 Å². The summed E-state index contributed by atoms with van der Waals surface area (Å²) in [5, 5.41) is 9.70. The van der Waals surface area contributed by atoms with E-state index < -0.39 is 11.5 Å². The van der Waals surface area contributed by atoms with Gasteiger partial charge in [-0.15, -0.1) is 0 Å². The molecule has 0 aromatic rings. The molecule has 2 unspecified atom stereocenters. The van der Waals surface area contributed by atoms with Crippen LogP contribution in [-0.4, -0.2) is 33.5 Å². The summed E-state index contributed by atoms with van der Waals surface area (Å²) < 4.78 is 0. The van der Waals surface area contributed by atoms with Crippen molar-refractivity contribution in [2.45, 2.75) is 70.4 Å². The van der Waals surface area contributed by atoms with E-state index in [4.69, 9.17) is 0 Å². The molecule has 18 heavy (non-hydrogen) atoms. The number of amides is 1. The zero-order chi connectivity index (χ0) is 13.3. The number of rotatable bonds is 4. The van der Waals surface area contributed by atoms with Crippen LogP contribution in [0.1, 0.15) is 58.8 Å². The van der Waals surface area contributed by atoms with Gasteiger partial charge in [0.2, 0.25) is 5.91 Å². The summed E-state index contributed by atoms with van der Waals surface area (Å²) in [6.07, 6.45) is 6.20. The van der Waals surface area contributed by atoms with Gasteiger partial charge in [0.05, 0.1) is 0 Å². The van der Waals surface area contributed by atoms with Gasteiger partial charge in [-0.2, -0.15) is 0 Å². The van der Waals surface area contributed by atoms with Crippen LogP contribution in [0.5, 0.6) is 0 Å². The van der Waals surface area contributed by atoms with Crippen LogP contribution in [0.15, 0.2) is 0 Å². The maximum atomic E-state index is 11.9. The lowest BCUT2D eigenvalue weighted by molar-refractivity contribution is -0.163. The van der Waals surface area contributed by atoms with Crippen LogP contribution in [0.2, 0.25) is 0 Å². The quantitative estimate of drug-likeness (QED) is 0.837. The highest BCUT2D eigenvalue weighted by molar-refractivity contribution is 5.86. The van der Waals surface area contributed by atoms with Gasteiger partial charge in [-0.3, -0.25) is 4.79 Å². The first-order chi connectivity index (χ1) is 8.51. The van der Waals surface area contributed by atoms with Crippen LogP contribution >= 0.6 is 0 Å². The van der Waals surface area contributed by atoms with Gasteiger partial charge in [-0.05, 0) is 31.6 Å². The summed E-state index contributed by atoms with van der Waals surface area (Å²) in [6, 6.07) is 0.175. The van der Waals surface area contributed by atoms with E-state index in [1.807, 2.05) is 0 Å². The lowest BCUT2D eigenvalue weighted by Crippen LogP contribution is -2.59. The minimum Gasteiger partial charge on any atom is -0.479 e. The Morgan fingerprint density at radius 1 is 1.33 bits per heavy atom. The number of carbonyl (C=O) groups is 2. The van der Waals surface area contributed by atoms with Gasteiger partial charge < -0.3 is 10.0 Å². The molecule has 102 valence electrons. The molecule has 4 heteroatoms. The van der Waals surface area contributed by atoms with Crippen LogP contribution < -0.4 is 0 Å². The van der Waals surface area contributed by atoms with Crippen LogP contribution in [0.4, 0.5) is 0 Å². The SMILES string of the molecule is CCC1CCCC(C(=O)O)(N(C(C)=O)C2CC2)C1. The highest BCUT2D eigenvalue weighted by Gasteiger charge is 2.52. The zero-order valence-corrected chi connectivity index (χ0v) is 11.3. The number of carbonyl (C=O) groups excluding carboxylic acids is 1. The van der Waals surface area contributed by atoms with Gasteiger partial charge in [0.15, 0.2) is 0 Å². The molecular weight excluding hydrogens is 230 g/mol. The van der Waals surface area contributed by atoms with Gasteiger partial charge in [0.25, 0.3) is 0 Å². The molecule has 0 spiro atoms. The molecule has 1 N–H and O–H groups in total. The summed E-state index contributed by atoms with van der Waals surface area (Å²) in [4.78, 5) is 25.4. The summed E-state index contributed by atoms with van der Waals surface area (Å²) in [7, 11) is 0. The Kier molecular flexibility index (Phi) is 3.64. The van der Waals surface area contributed by atoms with Crippen LogP contribution in [-0.2, 0) is 9.59 Å². The third kappa shape index (κ3) is 2.25. The first-order valence-corrected chi connectivity index (χ1v) is 7.04. The summed E-state index contributed by atoms with van der Waals surface area (Å²) in [5.41, 5.74) is -0.925. The molecule has 2 aliphatic carbocycles. The summed E-state index contributed by atoms with van der Waals surface area (Å²) in [5.74, 6) is -0.435. The maximum Gasteiger partial charge on any atom is 0.329 e. The van der Waals surface area contributed by atoms with Crippen molar-refractivity contribution in [2.24, 2.45) is 5.92 Å². The monoisotopic (exact) mass is 253 g/mol. The van der Waals surface area contributed by atoms with E-state index >= 15 is 0 Å². The Labute approximate surface area is 108 Å². The van der Waals surface area contributed by atoms with E-state index in [9.17, 15) is 14.7 Å². The second kappa shape index (κ2) is 4.90. The fourth-order valence-corrected chi connectivity index (χ4v) is 3.47. The largest absolute Gasteiger partial charge is 0.479 e.